The number of halogens is 12. The van der Waals surface area contributed by atoms with Crippen molar-refractivity contribution in [2.24, 2.45) is 5.10 Å². The van der Waals surface area contributed by atoms with Crippen LogP contribution in [0.25, 0.3) is 38.7 Å². The van der Waals surface area contributed by atoms with Gasteiger partial charge in [0.05, 0.1) is 44.4 Å². The summed E-state index contributed by atoms with van der Waals surface area (Å²) in [6, 6.07) is 6.22. The quantitative estimate of drug-likeness (QED) is 0.111. The zero-order chi connectivity index (χ0) is 32.4. The van der Waals surface area contributed by atoms with Gasteiger partial charge in [0.25, 0.3) is 0 Å². The Morgan fingerprint density at radius 1 is 0.500 bits per heavy atom. The van der Waals surface area contributed by atoms with Gasteiger partial charge in [-0.25, -0.2) is 9.97 Å². The van der Waals surface area contributed by atoms with E-state index in [0.29, 0.717) is 0 Å². The highest BCUT2D eigenvalue weighted by atomic mass is 19.4. The van der Waals surface area contributed by atoms with Gasteiger partial charge in [-0.05, 0) is 36.4 Å². The summed E-state index contributed by atoms with van der Waals surface area (Å²) in [5, 5.41) is 3.60. The van der Waals surface area contributed by atoms with Gasteiger partial charge in [-0.2, -0.15) is 59.3 Å². The van der Waals surface area contributed by atoms with E-state index in [-0.39, 0.29) is 64.6 Å². The lowest BCUT2D eigenvalue weighted by Crippen LogP contribution is -2.13. The molecule has 0 amide bonds. The van der Waals surface area contributed by atoms with Crippen molar-refractivity contribution < 1.29 is 52.7 Å². The van der Waals surface area contributed by atoms with Crippen LogP contribution in [0.4, 0.5) is 52.7 Å². The number of alkyl halides is 12. The number of hydrogen-bond donors (Lipinski definition) is 0. The van der Waals surface area contributed by atoms with E-state index < -0.39 is 69.5 Å². The van der Waals surface area contributed by atoms with Crippen molar-refractivity contribution in [3.05, 3.63) is 106 Å². The molecule has 0 spiro atoms. The molecule has 0 atom stereocenters. The van der Waals surface area contributed by atoms with Crippen LogP contribution in [-0.2, 0) is 24.7 Å². The Balaban J connectivity index is 1.94. The van der Waals surface area contributed by atoms with Gasteiger partial charge in [0, 0.05) is 22.3 Å². The second kappa shape index (κ2) is 10.1. The average Bonchev–Trinajstić information content (AvgIpc) is 3.23. The van der Waals surface area contributed by atoms with Crippen LogP contribution in [0, 0.1) is 6.57 Å². The molecule has 4 nitrogen and oxygen atoms in total. The van der Waals surface area contributed by atoms with E-state index in [1.54, 1.807) is 0 Å². The lowest BCUT2D eigenvalue weighted by Gasteiger charge is -2.18. The summed E-state index contributed by atoms with van der Waals surface area (Å²) in [5.74, 6) is 0. The summed E-state index contributed by atoms with van der Waals surface area (Å²) in [7, 11) is 0. The van der Waals surface area contributed by atoms with Gasteiger partial charge < -0.3 is 0 Å². The molecule has 0 bridgehead atoms. The molecule has 3 aromatic carbocycles. The number of aromatic nitrogens is 2. The van der Waals surface area contributed by atoms with Gasteiger partial charge in [0.2, 0.25) is 0 Å². The Labute approximate surface area is 238 Å². The van der Waals surface area contributed by atoms with Gasteiger partial charge >= 0.3 is 24.7 Å². The molecule has 0 aliphatic heterocycles. The van der Waals surface area contributed by atoms with Crippen LogP contribution in [0.1, 0.15) is 33.5 Å². The van der Waals surface area contributed by atoms with E-state index in [1.165, 1.54) is 24.3 Å². The molecule has 0 saturated carbocycles. The molecule has 0 N–H and O–H groups in total. The molecule has 16 heteroatoms. The molecule has 1 aliphatic carbocycles. The van der Waals surface area contributed by atoms with Crippen LogP contribution in [0.2, 0.25) is 0 Å². The van der Waals surface area contributed by atoms with Crippen LogP contribution >= 0.6 is 0 Å². The zero-order valence-corrected chi connectivity index (χ0v) is 21.1. The van der Waals surface area contributed by atoms with Gasteiger partial charge in [-0.15, -0.1) is 4.95 Å². The number of rotatable bonds is 2. The van der Waals surface area contributed by atoms with Crippen molar-refractivity contribution >= 4 is 5.71 Å². The summed E-state index contributed by atoms with van der Waals surface area (Å²) in [6.07, 6.45) is -21.4. The third-order valence-corrected chi connectivity index (χ3v) is 6.43. The molecule has 1 aliphatic rings. The van der Waals surface area contributed by atoms with Crippen molar-refractivity contribution in [1.82, 2.24) is 9.97 Å². The molecular weight excluding hydrogens is 620 g/mol. The van der Waals surface area contributed by atoms with E-state index in [2.05, 4.69) is 20.0 Å². The second-order valence-corrected chi connectivity index (χ2v) is 9.30. The fourth-order valence-electron chi connectivity index (χ4n) is 4.55. The monoisotopic (exact) mass is 630 g/mol. The minimum atomic E-state index is -5.35. The van der Waals surface area contributed by atoms with E-state index >= 15 is 0 Å². The lowest BCUT2D eigenvalue weighted by atomic mass is 9.96. The van der Waals surface area contributed by atoms with Gasteiger partial charge in [0.15, 0.2) is 5.71 Å². The Hall–Kier alpha value is -4.94. The maximum absolute atomic E-state index is 13.7. The largest absolute Gasteiger partial charge is 0.416 e. The van der Waals surface area contributed by atoms with Crippen molar-refractivity contribution in [2.45, 2.75) is 24.7 Å². The molecule has 0 saturated heterocycles. The molecule has 1 heterocycles. The Bertz CT molecular complexity index is 1810. The first-order chi connectivity index (χ1) is 20.3. The topological polar surface area (TPSA) is 42.5 Å². The second-order valence-electron chi connectivity index (χ2n) is 9.30. The van der Waals surface area contributed by atoms with Crippen molar-refractivity contribution in [3.8, 4) is 33.8 Å². The highest BCUT2D eigenvalue weighted by Gasteiger charge is 2.40. The summed E-state index contributed by atoms with van der Waals surface area (Å²) < 4.78 is 164. The van der Waals surface area contributed by atoms with Crippen LogP contribution in [0.3, 0.4) is 0 Å². The fraction of sp³-hybridized carbons (Fsp3) is 0.143. The Morgan fingerprint density at radius 2 is 0.864 bits per heavy atom. The van der Waals surface area contributed by atoms with Crippen molar-refractivity contribution in [3.63, 3.8) is 0 Å². The molecule has 44 heavy (non-hydrogen) atoms. The summed E-state index contributed by atoms with van der Waals surface area (Å²) in [5.41, 5.74) is -11.4. The van der Waals surface area contributed by atoms with E-state index in [9.17, 15) is 52.7 Å². The summed E-state index contributed by atoms with van der Waals surface area (Å²) >= 11 is 0. The molecule has 1 aromatic heterocycles. The van der Waals surface area contributed by atoms with Crippen LogP contribution in [0.15, 0.2) is 65.8 Å². The smallest absolute Gasteiger partial charge is 0.243 e. The standard InChI is InChI=1S/C28H10F12N4/c1-41-44-23-19-5-3-2-4-18(19)22-24(23)43-21(13-8-16(27(35,36)37)11-17(9-13)28(38,39)40)20(42-22)12-6-14(25(29,30)31)10-15(7-12)26(32,33)34/h2-11H/b44-23-. The summed E-state index contributed by atoms with van der Waals surface area (Å²) in [6.45, 7) is 7.13. The minimum absolute atomic E-state index is 0.160. The lowest BCUT2D eigenvalue weighted by molar-refractivity contribution is -0.144. The van der Waals surface area contributed by atoms with Crippen LogP contribution < -0.4 is 0 Å². The Morgan fingerprint density at radius 3 is 1.23 bits per heavy atom. The number of benzene rings is 3. The predicted octanol–water partition coefficient (Wildman–Crippen LogP) is 9.54. The predicted molar refractivity (Wildman–Crippen MR) is 131 cm³/mol. The molecule has 0 unspecified atom stereocenters. The SMILES string of the molecule is [C-]#[N+]/N=C1/c2ccccc2-c2nc(-c3cc(C(F)(F)F)cc(C(F)(F)F)c3)c(-c3cc(C(F)(F)F)cc(C(F)(F)F)c3)nc21. The van der Waals surface area contributed by atoms with Crippen LogP contribution in [0.5, 0.6) is 0 Å². The average molecular weight is 630 g/mol. The number of hydrogen-bond acceptors (Lipinski definition) is 3. The van der Waals surface area contributed by atoms with E-state index in [0.717, 1.165) is 0 Å². The fourth-order valence-corrected chi connectivity index (χ4v) is 4.55. The Kier molecular flexibility index (Phi) is 6.98. The van der Waals surface area contributed by atoms with Gasteiger partial charge in [0.1, 0.15) is 5.69 Å². The zero-order valence-electron chi connectivity index (χ0n) is 21.1. The van der Waals surface area contributed by atoms with Crippen LogP contribution in [-0.4, -0.2) is 15.7 Å². The first-order valence-corrected chi connectivity index (χ1v) is 11.9. The van der Waals surface area contributed by atoms with Gasteiger partial charge in [-0.3, -0.25) is 0 Å². The minimum Gasteiger partial charge on any atom is -0.243 e. The first-order valence-electron chi connectivity index (χ1n) is 11.9. The van der Waals surface area contributed by atoms with E-state index in [1.807, 2.05) is 0 Å². The maximum Gasteiger partial charge on any atom is 0.416 e. The third-order valence-electron chi connectivity index (χ3n) is 6.43. The first kappa shape index (κ1) is 30.5. The number of nitrogens with zero attached hydrogens (tertiary/aromatic N) is 4. The molecule has 4 aromatic rings. The molecule has 5 rings (SSSR count). The molecule has 0 radical (unpaired) electrons. The molecule has 0 fully saturated rings. The van der Waals surface area contributed by atoms with Crippen molar-refractivity contribution in [1.29, 1.82) is 0 Å². The van der Waals surface area contributed by atoms with Crippen molar-refractivity contribution in [2.75, 3.05) is 0 Å². The maximum atomic E-state index is 13.7. The highest BCUT2D eigenvalue weighted by molar-refractivity contribution is 6.23. The third kappa shape index (κ3) is 5.56. The molecule has 226 valence electrons. The van der Waals surface area contributed by atoms with Gasteiger partial charge in [-0.1, -0.05) is 24.3 Å². The summed E-state index contributed by atoms with van der Waals surface area (Å²) in [4.78, 5) is 11.2. The van der Waals surface area contributed by atoms with E-state index in [4.69, 9.17) is 6.57 Å². The highest BCUT2D eigenvalue weighted by Crippen LogP contribution is 2.45. The normalized spacial score (nSPS) is 14.4. The number of fused-ring (bicyclic) bond motifs is 3. The molecular formula is C28H10F12N4.